The minimum atomic E-state index is -2.79. The van der Waals surface area contributed by atoms with Crippen LogP contribution in [0.15, 0.2) is 60.7 Å². The summed E-state index contributed by atoms with van der Waals surface area (Å²) in [7, 11) is -2.79. The van der Waals surface area contributed by atoms with Gasteiger partial charge in [0, 0.05) is 0 Å². The maximum atomic E-state index is 12.6. The molecule has 0 radical (unpaired) electrons. The highest BCUT2D eigenvalue weighted by molar-refractivity contribution is 6.99. The Balaban J connectivity index is 1.48. The van der Waals surface area contributed by atoms with Crippen LogP contribution < -0.4 is 10.4 Å². The molecule has 37 heavy (non-hydrogen) atoms. The Hall–Kier alpha value is -2.07. The van der Waals surface area contributed by atoms with Gasteiger partial charge in [-0.05, 0) is 43.1 Å². The first-order chi connectivity index (χ1) is 17.3. The van der Waals surface area contributed by atoms with Crippen molar-refractivity contribution >= 4 is 24.7 Å². The minimum Gasteiger partial charge on any atom is -0.455 e. The molecule has 3 aliphatic heterocycles. The third-order valence-electron chi connectivity index (χ3n) is 7.36. The Morgan fingerprint density at radius 1 is 0.757 bits per heavy atom. The molecular formula is C29H38O7Si. The van der Waals surface area contributed by atoms with Crippen molar-refractivity contribution < 1.29 is 32.9 Å². The summed E-state index contributed by atoms with van der Waals surface area (Å²) < 4.78 is 37.5. The van der Waals surface area contributed by atoms with Crippen LogP contribution in [-0.4, -0.2) is 63.0 Å². The lowest BCUT2D eigenvalue weighted by atomic mass is 10.0. The average Bonchev–Trinajstić information content (AvgIpc) is 3.42. The van der Waals surface area contributed by atoms with E-state index in [4.69, 9.17) is 28.1 Å². The Morgan fingerprint density at radius 2 is 1.27 bits per heavy atom. The van der Waals surface area contributed by atoms with E-state index < -0.39 is 56.4 Å². The second kappa shape index (κ2) is 9.29. The predicted molar refractivity (Wildman–Crippen MR) is 141 cm³/mol. The van der Waals surface area contributed by atoms with E-state index in [9.17, 15) is 4.79 Å². The SMILES string of the molecule is CC1(C)O[C@@H]([C@@H]2OC(=O)[C@H]3OC(C)(C)O[C@@H]23)[C@H](CO[Si](c2ccccc2)(c2ccccc2)C(C)(C)C)O1. The van der Waals surface area contributed by atoms with Gasteiger partial charge in [-0.2, -0.15) is 0 Å². The maximum absolute atomic E-state index is 12.6. The third-order valence-corrected chi connectivity index (χ3v) is 12.4. The molecule has 5 atom stereocenters. The summed E-state index contributed by atoms with van der Waals surface area (Å²) in [4.78, 5) is 12.6. The van der Waals surface area contributed by atoms with Crippen LogP contribution in [0.25, 0.3) is 0 Å². The van der Waals surface area contributed by atoms with E-state index in [0.717, 1.165) is 0 Å². The molecule has 5 rings (SSSR count). The van der Waals surface area contributed by atoms with Crippen LogP contribution in [0, 0.1) is 0 Å². The van der Waals surface area contributed by atoms with E-state index in [1.165, 1.54) is 10.4 Å². The first kappa shape index (κ1) is 26.5. The molecule has 0 amide bonds. The van der Waals surface area contributed by atoms with Crippen LogP contribution in [0.1, 0.15) is 48.5 Å². The smallest absolute Gasteiger partial charge is 0.338 e. The van der Waals surface area contributed by atoms with Gasteiger partial charge in [0.1, 0.15) is 18.3 Å². The summed E-state index contributed by atoms with van der Waals surface area (Å²) in [6.45, 7) is 14.3. The van der Waals surface area contributed by atoms with E-state index in [2.05, 4.69) is 69.3 Å². The highest BCUT2D eigenvalue weighted by atomic mass is 28.4. The highest BCUT2D eigenvalue weighted by Gasteiger charge is 2.62. The lowest BCUT2D eigenvalue weighted by molar-refractivity contribution is -0.201. The second-order valence-electron chi connectivity index (χ2n) is 12.0. The topological polar surface area (TPSA) is 72.5 Å². The summed E-state index contributed by atoms with van der Waals surface area (Å²) in [5.41, 5.74) is 0. The van der Waals surface area contributed by atoms with E-state index in [0.29, 0.717) is 0 Å². The largest absolute Gasteiger partial charge is 0.455 e. The van der Waals surface area contributed by atoms with Crippen molar-refractivity contribution in [1.29, 1.82) is 0 Å². The molecule has 3 fully saturated rings. The zero-order valence-electron chi connectivity index (χ0n) is 22.7. The monoisotopic (exact) mass is 526 g/mol. The first-order valence-electron chi connectivity index (χ1n) is 13.0. The van der Waals surface area contributed by atoms with Crippen LogP contribution >= 0.6 is 0 Å². The van der Waals surface area contributed by atoms with Gasteiger partial charge in [0.25, 0.3) is 8.32 Å². The van der Waals surface area contributed by atoms with Crippen molar-refractivity contribution in [1.82, 2.24) is 0 Å². The Morgan fingerprint density at radius 3 is 1.81 bits per heavy atom. The molecule has 0 bridgehead atoms. The van der Waals surface area contributed by atoms with Gasteiger partial charge in [0.05, 0.1) is 6.61 Å². The number of benzene rings is 2. The molecule has 2 aromatic rings. The van der Waals surface area contributed by atoms with Crippen molar-refractivity contribution in [2.24, 2.45) is 0 Å². The van der Waals surface area contributed by atoms with Crippen LogP contribution in [-0.2, 0) is 32.9 Å². The normalized spacial score (nSPS) is 30.8. The highest BCUT2D eigenvalue weighted by Crippen LogP contribution is 2.43. The van der Waals surface area contributed by atoms with Gasteiger partial charge in [-0.1, -0.05) is 81.4 Å². The van der Waals surface area contributed by atoms with Gasteiger partial charge in [-0.15, -0.1) is 0 Å². The van der Waals surface area contributed by atoms with E-state index >= 15 is 0 Å². The predicted octanol–water partition coefficient (Wildman–Crippen LogP) is 3.53. The van der Waals surface area contributed by atoms with Crippen LogP contribution in [0.2, 0.25) is 5.04 Å². The van der Waals surface area contributed by atoms with Crippen molar-refractivity contribution in [2.75, 3.05) is 6.61 Å². The molecule has 3 aliphatic rings. The number of cyclic esters (lactones) is 1. The Kier molecular flexibility index (Phi) is 6.66. The van der Waals surface area contributed by atoms with Crippen molar-refractivity contribution in [2.45, 2.75) is 95.6 Å². The van der Waals surface area contributed by atoms with Crippen LogP contribution in [0.4, 0.5) is 0 Å². The third kappa shape index (κ3) is 4.79. The molecule has 3 heterocycles. The molecule has 8 heteroatoms. The van der Waals surface area contributed by atoms with Crippen molar-refractivity contribution in [3.63, 3.8) is 0 Å². The average molecular weight is 527 g/mol. The number of esters is 1. The molecule has 3 saturated heterocycles. The lowest BCUT2D eigenvalue weighted by Crippen LogP contribution is -2.67. The molecular weight excluding hydrogens is 488 g/mol. The molecule has 0 N–H and O–H groups in total. The van der Waals surface area contributed by atoms with Gasteiger partial charge < -0.3 is 28.1 Å². The standard InChI is InChI=1S/C29H38O7Si/c1-27(2,3)37(19-14-10-8-11-15-19,20-16-12-9-13-17-20)31-18-21-22(34-28(4,5)33-21)23-24-25(26(30)32-23)36-29(6,7)35-24/h8-17,21-25H,18H2,1-7H3/t21-,22+,23-,24-,25-/m0/s1. The first-order valence-corrected chi connectivity index (χ1v) is 14.9. The molecule has 0 spiro atoms. The van der Waals surface area contributed by atoms with Crippen LogP contribution in [0.3, 0.4) is 0 Å². The zero-order valence-corrected chi connectivity index (χ0v) is 23.7. The number of carbonyl (C=O) groups excluding carboxylic acids is 1. The van der Waals surface area contributed by atoms with E-state index in [-0.39, 0.29) is 11.6 Å². The fraction of sp³-hybridized carbons (Fsp3) is 0.552. The number of ether oxygens (including phenoxy) is 5. The quantitative estimate of drug-likeness (QED) is 0.421. The van der Waals surface area contributed by atoms with Gasteiger partial charge in [-0.3, -0.25) is 0 Å². The molecule has 0 unspecified atom stereocenters. The van der Waals surface area contributed by atoms with Gasteiger partial charge in [-0.25, -0.2) is 4.79 Å². The minimum absolute atomic E-state index is 0.183. The van der Waals surface area contributed by atoms with Gasteiger partial charge in [0.15, 0.2) is 23.8 Å². The van der Waals surface area contributed by atoms with Crippen molar-refractivity contribution in [3.05, 3.63) is 60.7 Å². The number of carbonyl (C=O) groups is 1. The molecule has 2 aromatic carbocycles. The van der Waals surface area contributed by atoms with Crippen LogP contribution in [0.5, 0.6) is 0 Å². The Bertz CT molecular complexity index is 1070. The fourth-order valence-electron chi connectivity index (χ4n) is 5.97. The molecule has 0 aliphatic carbocycles. The molecule has 7 nitrogen and oxygen atoms in total. The van der Waals surface area contributed by atoms with E-state index in [1.807, 2.05) is 26.0 Å². The second-order valence-corrected chi connectivity index (χ2v) is 16.3. The fourth-order valence-corrected chi connectivity index (χ4v) is 10.5. The summed E-state index contributed by atoms with van der Waals surface area (Å²) in [5.74, 6) is -2.17. The number of hydrogen-bond acceptors (Lipinski definition) is 7. The lowest BCUT2D eigenvalue weighted by Gasteiger charge is -2.43. The maximum Gasteiger partial charge on any atom is 0.338 e. The number of rotatable bonds is 6. The number of hydrogen-bond donors (Lipinski definition) is 0. The molecule has 0 aromatic heterocycles. The molecule has 200 valence electrons. The Labute approximate surface area is 220 Å². The van der Waals surface area contributed by atoms with Gasteiger partial charge in [0.2, 0.25) is 0 Å². The molecule has 0 saturated carbocycles. The van der Waals surface area contributed by atoms with E-state index in [1.54, 1.807) is 13.8 Å². The summed E-state index contributed by atoms with van der Waals surface area (Å²) >= 11 is 0. The summed E-state index contributed by atoms with van der Waals surface area (Å²) in [6.07, 6.45) is -3.04. The number of fused-ring (bicyclic) bond motifs is 1. The summed E-state index contributed by atoms with van der Waals surface area (Å²) in [6, 6.07) is 20.9. The summed E-state index contributed by atoms with van der Waals surface area (Å²) in [5, 5.41) is 2.19. The van der Waals surface area contributed by atoms with Gasteiger partial charge >= 0.3 is 5.97 Å². The van der Waals surface area contributed by atoms with Crippen molar-refractivity contribution in [3.8, 4) is 0 Å². The zero-order chi connectivity index (χ0) is 26.6.